The van der Waals surface area contributed by atoms with E-state index in [2.05, 4.69) is 17.0 Å². The number of rotatable bonds is 1. The minimum Gasteiger partial charge on any atom is -0.342 e. The summed E-state index contributed by atoms with van der Waals surface area (Å²) in [5, 5.41) is 0.860. The summed E-state index contributed by atoms with van der Waals surface area (Å²) in [5.74, 6) is 0.640. The first-order chi connectivity index (χ1) is 9.74. The number of benzene rings is 1. The molecule has 0 unspecified atom stereocenters. The molecule has 20 heavy (non-hydrogen) atoms. The highest BCUT2D eigenvalue weighted by molar-refractivity contribution is 6.30. The lowest BCUT2D eigenvalue weighted by atomic mass is 9.52. The van der Waals surface area contributed by atoms with Crippen molar-refractivity contribution in [2.24, 2.45) is 5.92 Å². The lowest BCUT2D eigenvalue weighted by molar-refractivity contribution is -0.126. The van der Waals surface area contributed by atoms with Gasteiger partial charge in [-0.25, -0.2) is 0 Å². The Hall–Kier alpha value is -1.02. The van der Waals surface area contributed by atoms with Gasteiger partial charge in [-0.1, -0.05) is 30.5 Å². The smallest absolute Gasteiger partial charge is 0.209 e. The Balaban J connectivity index is 1.89. The zero-order chi connectivity index (χ0) is 13.7. The van der Waals surface area contributed by atoms with Gasteiger partial charge in [0.25, 0.3) is 0 Å². The number of hydrogen-bond acceptors (Lipinski definition) is 1. The maximum absolute atomic E-state index is 11.4. The van der Waals surface area contributed by atoms with E-state index in [-0.39, 0.29) is 0 Å². The molecule has 1 saturated carbocycles. The first-order valence-electron chi connectivity index (χ1n) is 7.74. The van der Waals surface area contributed by atoms with E-state index in [9.17, 15) is 4.79 Å². The van der Waals surface area contributed by atoms with E-state index in [1.54, 1.807) is 0 Å². The van der Waals surface area contributed by atoms with Gasteiger partial charge in [0.2, 0.25) is 6.41 Å². The van der Waals surface area contributed by atoms with Gasteiger partial charge >= 0.3 is 0 Å². The third kappa shape index (κ3) is 1.60. The highest BCUT2D eigenvalue weighted by atomic mass is 35.5. The van der Waals surface area contributed by atoms with E-state index >= 15 is 0 Å². The van der Waals surface area contributed by atoms with Crippen molar-refractivity contribution in [2.45, 2.75) is 50.0 Å². The van der Waals surface area contributed by atoms with Gasteiger partial charge < -0.3 is 4.90 Å². The average Bonchev–Trinajstić information content (AvgIpc) is 2.48. The van der Waals surface area contributed by atoms with Gasteiger partial charge in [-0.05, 0) is 54.9 Å². The molecule has 0 aromatic heterocycles. The van der Waals surface area contributed by atoms with Crippen LogP contribution in [-0.2, 0) is 16.6 Å². The van der Waals surface area contributed by atoms with Crippen LogP contribution >= 0.6 is 11.6 Å². The molecule has 1 aromatic rings. The van der Waals surface area contributed by atoms with Crippen LogP contribution in [0.1, 0.15) is 43.2 Å². The van der Waals surface area contributed by atoms with Crippen molar-refractivity contribution in [3.8, 4) is 0 Å². The number of carbonyl (C=O) groups is 1. The van der Waals surface area contributed by atoms with E-state index in [1.165, 1.54) is 36.8 Å². The fourth-order valence-electron chi connectivity index (χ4n) is 5.14. The molecule has 3 heteroatoms. The van der Waals surface area contributed by atoms with Gasteiger partial charge in [0.1, 0.15) is 0 Å². The normalized spacial score (nSPS) is 35.1. The quantitative estimate of drug-likeness (QED) is 0.724. The van der Waals surface area contributed by atoms with E-state index in [0.29, 0.717) is 17.4 Å². The monoisotopic (exact) mass is 289 g/mol. The molecule has 1 heterocycles. The summed E-state index contributed by atoms with van der Waals surface area (Å²) in [6, 6.07) is 6.81. The van der Waals surface area contributed by atoms with E-state index in [0.717, 1.165) is 30.8 Å². The van der Waals surface area contributed by atoms with Crippen LogP contribution in [-0.4, -0.2) is 23.9 Å². The number of likely N-dealkylation sites (tertiary alicyclic amines) is 1. The third-order valence-corrected chi connectivity index (χ3v) is 6.21. The van der Waals surface area contributed by atoms with Crippen molar-refractivity contribution >= 4 is 18.0 Å². The van der Waals surface area contributed by atoms with Gasteiger partial charge in [0.15, 0.2) is 0 Å². The van der Waals surface area contributed by atoms with Crippen LogP contribution < -0.4 is 0 Å². The molecule has 106 valence electrons. The van der Waals surface area contributed by atoms with Crippen LogP contribution in [0.25, 0.3) is 0 Å². The number of halogens is 1. The molecule has 1 amide bonds. The lowest BCUT2D eigenvalue weighted by Gasteiger charge is -2.58. The highest BCUT2D eigenvalue weighted by Gasteiger charge is 2.53. The number of nitrogens with zero attached hydrogens (tertiary/aromatic N) is 1. The van der Waals surface area contributed by atoms with Crippen molar-refractivity contribution in [1.29, 1.82) is 0 Å². The molecule has 0 spiro atoms. The van der Waals surface area contributed by atoms with Gasteiger partial charge in [0, 0.05) is 23.0 Å². The van der Waals surface area contributed by atoms with Crippen LogP contribution in [0.15, 0.2) is 18.2 Å². The standard InChI is InChI=1S/C17H20ClNO/c18-13-5-4-12-9-16-14-3-1-2-6-17(14,15(12)10-13)7-8-19(16)11-20/h4-5,10-11,14,16H,1-3,6-9H2/t14-,16-,17-/m0/s1. The topological polar surface area (TPSA) is 20.3 Å². The summed E-state index contributed by atoms with van der Waals surface area (Å²) in [5.41, 5.74) is 3.21. The summed E-state index contributed by atoms with van der Waals surface area (Å²) in [6.45, 7) is 0.913. The molecular formula is C17H20ClNO. The van der Waals surface area contributed by atoms with Crippen molar-refractivity contribution in [1.82, 2.24) is 4.90 Å². The maximum Gasteiger partial charge on any atom is 0.209 e. The summed E-state index contributed by atoms with van der Waals surface area (Å²) >= 11 is 6.27. The van der Waals surface area contributed by atoms with Gasteiger partial charge in [-0.2, -0.15) is 0 Å². The fraction of sp³-hybridized carbons (Fsp3) is 0.588. The van der Waals surface area contributed by atoms with E-state index in [4.69, 9.17) is 11.6 Å². The van der Waals surface area contributed by atoms with Crippen LogP contribution in [0.2, 0.25) is 5.02 Å². The van der Waals surface area contributed by atoms with Crippen LogP contribution in [0.5, 0.6) is 0 Å². The zero-order valence-corrected chi connectivity index (χ0v) is 12.4. The molecule has 0 N–H and O–H groups in total. The largest absolute Gasteiger partial charge is 0.342 e. The molecule has 3 aliphatic rings. The lowest BCUT2D eigenvalue weighted by Crippen LogP contribution is -2.60. The summed E-state index contributed by atoms with van der Waals surface area (Å²) in [6.07, 6.45) is 8.36. The Morgan fingerprint density at radius 3 is 3.05 bits per heavy atom. The number of hydrogen-bond donors (Lipinski definition) is 0. The van der Waals surface area contributed by atoms with Crippen molar-refractivity contribution in [3.05, 3.63) is 34.3 Å². The van der Waals surface area contributed by atoms with Gasteiger partial charge in [-0.15, -0.1) is 0 Å². The molecule has 2 fully saturated rings. The molecule has 4 rings (SSSR count). The SMILES string of the molecule is O=CN1CC[C@@]23CCCC[C@H]2[C@@H]1Cc1ccc(Cl)cc13. The predicted molar refractivity (Wildman–Crippen MR) is 80.0 cm³/mol. The van der Waals surface area contributed by atoms with Crippen molar-refractivity contribution in [3.63, 3.8) is 0 Å². The van der Waals surface area contributed by atoms with Gasteiger partial charge in [0.05, 0.1) is 0 Å². The third-order valence-electron chi connectivity index (χ3n) is 5.98. The minimum atomic E-state index is 0.293. The second-order valence-corrected chi connectivity index (χ2v) is 7.11. The molecule has 1 aromatic carbocycles. The van der Waals surface area contributed by atoms with Crippen LogP contribution in [0.4, 0.5) is 0 Å². The van der Waals surface area contributed by atoms with E-state index in [1.807, 2.05) is 6.07 Å². The molecule has 2 bridgehead atoms. The summed E-state index contributed by atoms with van der Waals surface area (Å²) < 4.78 is 0. The Kier molecular flexibility index (Phi) is 2.85. The Morgan fingerprint density at radius 2 is 2.20 bits per heavy atom. The fourth-order valence-corrected chi connectivity index (χ4v) is 5.31. The van der Waals surface area contributed by atoms with Crippen molar-refractivity contribution < 1.29 is 4.79 Å². The summed E-state index contributed by atoms with van der Waals surface area (Å²) in [4.78, 5) is 13.5. The number of carbonyl (C=O) groups excluding carboxylic acids is 1. The molecule has 1 aliphatic heterocycles. The van der Waals surface area contributed by atoms with Gasteiger partial charge in [-0.3, -0.25) is 4.79 Å². The first kappa shape index (κ1) is 12.7. The predicted octanol–water partition coefficient (Wildman–Crippen LogP) is 3.55. The molecule has 1 saturated heterocycles. The molecule has 2 nitrogen and oxygen atoms in total. The Labute approximate surface area is 125 Å². The number of piperidine rings is 1. The first-order valence-corrected chi connectivity index (χ1v) is 8.12. The number of amides is 1. The zero-order valence-electron chi connectivity index (χ0n) is 11.6. The number of fused-ring (bicyclic) bond motifs is 1. The summed E-state index contributed by atoms with van der Waals surface area (Å²) in [7, 11) is 0. The Bertz CT molecular complexity index is 558. The maximum atomic E-state index is 11.4. The Morgan fingerprint density at radius 1 is 1.30 bits per heavy atom. The molecule has 3 atom stereocenters. The molecule has 0 radical (unpaired) electrons. The molecular weight excluding hydrogens is 270 g/mol. The second-order valence-electron chi connectivity index (χ2n) is 6.67. The minimum absolute atomic E-state index is 0.293. The second kappa shape index (κ2) is 4.49. The van der Waals surface area contributed by atoms with Crippen molar-refractivity contribution in [2.75, 3.05) is 6.54 Å². The highest BCUT2D eigenvalue weighted by Crippen LogP contribution is 2.55. The van der Waals surface area contributed by atoms with Crippen LogP contribution in [0, 0.1) is 5.92 Å². The van der Waals surface area contributed by atoms with Crippen LogP contribution in [0.3, 0.4) is 0 Å². The van der Waals surface area contributed by atoms with E-state index < -0.39 is 0 Å². The average molecular weight is 290 g/mol. The molecule has 2 aliphatic carbocycles.